The first-order chi connectivity index (χ1) is 7.00. The van der Waals surface area contributed by atoms with E-state index in [0.717, 1.165) is 0 Å². The minimum absolute atomic E-state index is 0.0726. The minimum atomic E-state index is 0.0726. The molecule has 0 saturated heterocycles. The molecular formula is C12H18NO2. The second-order valence-electron chi connectivity index (χ2n) is 3.96. The van der Waals surface area contributed by atoms with Crippen molar-refractivity contribution in [3.05, 3.63) is 18.2 Å². The highest BCUT2D eigenvalue weighted by Crippen LogP contribution is 2.33. The fraction of sp³-hybridized carbons (Fsp3) is 0.500. The predicted molar refractivity (Wildman–Crippen MR) is 60.7 cm³/mol. The van der Waals surface area contributed by atoms with Crippen LogP contribution in [0.3, 0.4) is 0 Å². The lowest BCUT2D eigenvalue weighted by Gasteiger charge is -2.16. The van der Waals surface area contributed by atoms with Gasteiger partial charge in [0.1, 0.15) is 17.2 Å². The Labute approximate surface area is 91.2 Å². The summed E-state index contributed by atoms with van der Waals surface area (Å²) in [5, 5.41) is 0. The van der Waals surface area contributed by atoms with Crippen molar-refractivity contribution >= 4 is 5.69 Å². The molecule has 1 N–H and O–H groups in total. The Morgan fingerprint density at radius 2 is 1.33 bits per heavy atom. The topological polar surface area (TPSA) is 42.3 Å². The molecule has 0 aliphatic rings. The van der Waals surface area contributed by atoms with Gasteiger partial charge < -0.3 is 9.47 Å². The molecule has 0 fully saturated rings. The van der Waals surface area contributed by atoms with E-state index in [1.165, 1.54) is 0 Å². The quantitative estimate of drug-likeness (QED) is 0.762. The molecule has 83 valence electrons. The summed E-state index contributed by atoms with van der Waals surface area (Å²) < 4.78 is 11.0. The summed E-state index contributed by atoms with van der Waals surface area (Å²) in [6, 6.07) is 5.42. The Morgan fingerprint density at radius 1 is 0.933 bits per heavy atom. The first kappa shape index (κ1) is 11.7. The van der Waals surface area contributed by atoms with Crippen LogP contribution in [0.5, 0.6) is 11.5 Å². The molecule has 0 heterocycles. The predicted octanol–water partition coefficient (Wildman–Crippen LogP) is 3.18. The third-order valence-electron chi connectivity index (χ3n) is 1.71. The SMILES string of the molecule is CC(C)Oc1cccc(OC(C)C)c1[NH]. The zero-order chi connectivity index (χ0) is 11.4. The van der Waals surface area contributed by atoms with E-state index < -0.39 is 0 Å². The molecule has 1 aromatic rings. The van der Waals surface area contributed by atoms with Crippen LogP contribution >= 0.6 is 0 Å². The van der Waals surface area contributed by atoms with Crippen LogP contribution in [0, 0.1) is 0 Å². The molecule has 0 bridgehead atoms. The van der Waals surface area contributed by atoms with Crippen LogP contribution in [0.4, 0.5) is 5.69 Å². The van der Waals surface area contributed by atoms with E-state index in [4.69, 9.17) is 15.2 Å². The van der Waals surface area contributed by atoms with Crippen LogP contribution < -0.4 is 15.2 Å². The summed E-state index contributed by atoms with van der Waals surface area (Å²) in [4.78, 5) is 0. The van der Waals surface area contributed by atoms with Crippen LogP contribution in [-0.2, 0) is 0 Å². The van der Waals surface area contributed by atoms with Crippen LogP contribution in [-0.4, -0.2) is 12.2 Å². The monoisotopic (exact) mass is 208 g/mol. The molecule has 0 aliphatic carbocycles. The van der Waals surface area contributed by atoms with Gasteiger partial charge >= 0.3 is 0 Å². The van der Waals surface area contributed by atoms with Crippen LogP contribution in [0.1, 0.15) is 27.7 Å². The molecule has 0 aliphatic heterocycles. The third kappa shape index (κ3) is 3.35. The number of nitrogens with one attached hydrogen (secondary N) is 1. The molecule has 0 amide bonds. The molecule has 0 spiro atoms. The van der Waals surface area contributed by atoms with Crippen molar-refractivity contribution in [3.8, 4) is 11.5 Å². The van der Waals surface area contributed by atoms with Crippen LogP contribution in [0.2, 0.25) is 0 Å². The fourth-order valence-electron chi connectivity index (χ4n) is 1.22. The van der Waals surface area contributed by atoms with Gasteiger partial charge in [0.2, 0.25) is 0 Å². The normalized spacial score (nSPS) is 10.8. The van der Waals surface area contributed by atoms with Crippen LogP contribution in [0.25, 0.3) is 0 Å². The number of hydrogen-bond acceptors (Lipinski definition) is 2. The fourth-order valence-corrected chi connectivity index (χ4v) is 1.22. The van der Waals surface area contributed by atoms with Gasteiger partial charge in [-0.25, -0.2) is 0 Å². The van der Waals surface area contributed by atoms with Crippen molar-refractivity contribution in [2.24, 2.45) is 0 Å². The van der Waals surface area contributed by atoms with E-state index in [-0.39, 0.29) is 12.2 Å². The summed E-state index contributed by atoms with van der Waals surface area (Å²) >= 11 is 0. The zero-order valence-electron chi connectivity index (χ0n) is 9.70. The van der Waals surface area contributed by atoms with E-state index in [2.05, 4.69) is 0 Å². The number of hydrogen-bond donors (Lipinski definition) is 0. The second kappa shape index (κ2) is 4.91. The van der Waals surface area contributed by atoms with E-state index in [1.807, 2.05) is 33.8 Å². The number of ether oxygens (including phenoxy) is 2. The molecule has 3 nitrogen and oxygen atoms in total. The molecule has 15 heavy (non-hydrogen) atoms. The summed E-state index contributed by atoms with van der Waals surface area (Å²) in [7, 11) is 0. The highest BCUT2D eigenvalue weighted by atomic mass is 16.5. The Hall–Kier alpha value is -1.38. The summed E-state index contributed by atoms with van der Waals surface area (Å²) in [5.74, 6) is 1.14. The summed E-state index contributed by atoms with van der Waals surface area (Å²) in [6.07, 6.45) is 0.145. The zero-order valence-corrected chi connectivity index (χ0v) is 9.70. The van der Waals surface area contributed by atoms with Crippen molar-refractivity contribution in [2.75, 3.05) is 0 Å². The molecule has 0 atom stereocenters. The molecule has 1 aromatic carbocycles. The maximum absolute atomic E-state index is 7.88. The highest BCUT2D eigenvalue weighted by molar-refractivity contribution is 5.60. The number of benzene rings is 1. The van der Waals surface area contributed by atoms with Crippen molar-refractivity contribution < 1.29 is 9.47 Å². The lowest BCUT2D eigenvalue weighted by atomic mass is 10.2. The third-order valence-corrected chi connectivity index (χ3v) is 1.71. The molecule has 0 aromatic heterocycles. The maximum atomic E-state index is 7.88. The summed E-state index contributed by atoms with van der Waals surface area (Å²) in [5.41, 5.74) is 8.20. The molecule has 3 heteroatoms. The van der Waals surface area contributed by atoms with Crippen molar-refractivity contribution in [1.29, 1.82) is 0 Å². The van der Waals surface area contributed by atoms with Crippen molar-refractivity contribution in [3.63, 3.8) is 0 Å². The highest BCUT2D eigenvalue weighted by Gasteiger charge is 2.10. The average Bonchev–Trinajstić information content (AvgIpc) is 2.10. The molecular weight excluding hydrogens is 190 g/mol. The van der Waals surface area contributed by atoms with Gasteiger partial charge in [-0.2, -0.15) is 0 Å². The molecule has 1 rings (SSSR count). The largest absolute Gasteiger partial charge is 0.489 e. The van der Waals surface area contributed by atoms with Gasteiger partial charge in [-0.1, -0.05) is 6.07 Å². The molecule has 0 saturated carbocycles. The van der Waals surface area contributed by atoms with E-state index >= 15 is 0 Å². The average molecular weight is 208 g/mol. The maximum Gasteiger partial charge on any atom is 0.148 e. The van der Waals surface area contributed by atoms with Crippen molar-refractivity contribution in [1.82, 2.24) is 5.73 Å². The van der Waals surface area contributed by atoms with E-state index in [1.54, 1.807) is 12.1 Å². The number of rotatable bonds is 4. The minimum Gasteiger partial charge on any atom is -0.489 e. The van der Waals surface area contributed by atoms with E-state index in [9.17, 15) is 0 Å². The Morgan fingerprint density at radius 3 is 1.67 bits per heavy atom. The summed E-state index contributed by atoms with van der Waals surface area (Å²) in [6.45, 7) is 7.76. The van der Waals surface area contributed by atoms with Gasteiger partial charge in [-0.05, 0) is 39.8 Å². The lowest BCUT2D eigenvalue weighted by Crippen LogP contribution is -2.09. The van der Waals surface area contributed by atoms with Gasteiger partial charge in [0.15, 0.2) is 0 Å². The van der Waals surface area contributed by atoms with Crippen LogP contribution in [0.15, 0.2) is 18.2 Å². The Bertz CT molecular complexity index is 293. The van der Waals surface area contributed by atoms with Gasteiger partial charge in [0.05, 0.1) is 12.2 Å². The second-order valence-corrected chi connectivity index (χ2v) is 3.96. The first-order valence-corrected chi connectivity index (χ1v) is 5.18. The Kier molecular flexibility index (Phi) is 3.83. The standard InChI is InChI=1S/C12H18NO2/c1-8(2)14-10-6-5-7-11(12(10)13)15-9(3)4/h5-9,13H,1-4H3. The first-order valence-electron chi connectivity index (χ1n) is 5.18. The molecule has 1 radical (unpaired) electrons. The Balaban J connectivity index is 2.90. The van der Waals surface area contributed by atoms with Gasteiger partial charge in [0.25, 0.3) is 0 Å². The van der Waals surface area contributed by atoms with Gasteiger partial charge in [-0.3, -0.25) is 5.73 Å². The molecule has 0 unspecified atom stereocenters. The van der Waals surface area contributed by atoms with Crippen molar-refractivity contribution in [2.45, 2.75) is 39.9 Å². The van der Waals surface area contributed by atoms with E-state index in [0.29, 0.717) is 17.2 Å². The smallest absolute Gasteiger partial charge is 0.148 e. The van der Waals surface area contributed by atoms with Gasteiger partial charge in [-0.15, -0.1) is 0 Å². The van der Waals surface area contributed by atoms with Gasteiger partial charge in [0, 0.05) is 0 Å². The lowest BCUT2D eigenvalue weighted by molar-refractivity contribution is 0.231.